The molecule has 11 heteroatoms. The molecule has 9 unspecified atom stereocenters. The standard InChI is InChI=1S/C71H131NO10/c1-3-5-7-9-11-13-15-17-19-21-22-23-24-25-26-27-28-29-30-31-32-33-34-35-36-37-38-39-40-41-43-45-47-49-51-53-55-57-59-64(75)70(80)72-62(61-81-71-69(79)68(78)67(77)65(60-73)82-71)66(76)63(74)58-56-54-52-50-48-46-44-42-20-18-16-14-12-10-8-6-4-2/h14,16,28-29,31-32,42,44,50,52,62-69,71,73-79H,3-13,15,17-27,30,33-41,43,45-49,51,53-61H2,1-2H3,(H,72,80)/b16-14+,29-28-,32-31-,44-42+,52-50+. The summed E-state index contributed by atoms with van der Waals surface area (Å²) in [5, 5.41) is 76.3. The summed E-state index contributed by atoms with van der Waals surface area (Å²) in [5.74, 6) is -0.711. The Kier molecular flexibility index (Phi) is 56.1. The molecule has 480 valence electrons. The monoisotopic (exact) mass is 1160 g/mol. The summed E-state index contributed by atoms with van der Waals surface area (Å²) < 4.78 is 11.1. The Morgan fingerprint density at radius 1 is 0.427 bits per heavy atom. The van der Waals surface area contributed by atoms with E-state index in [4.69, 9.17) is 9.47 Å². The molecular weight excluding hydrogens is 1030 g/mol. The Morgan fingerprint density at radius 2 is 0.768 bits per heavy atom. The van der Waals surface area contributed by atoms with Gasteiger partial charge in [-0.25, -0.2) is 0 Å². The van der Waals surface area contributed by atoms with Crippen molar-refractivity contribution >= 4 is 5.91 Å². The third kappa shape index (κ3) is 46.1. The largest absolute Gasteiger partial charge is 0.394 e. The molecular formula is C71H131NO10. The average Bonchev–Trinajstić information content (AvgIpc) is 3.53. The van der Waals surface area contributed by atoms with Gasteiger partial charge in [0, 0.05) is 0 Å². The number of carbonyl (C=O) groups is 1. The van der Waals surface area contributed by atoms with Gasteiger partial charge < -0.3 is 50.5 Å². The summed E-state index contributed by atoms with van der Waals surface area (Å²) in [6, 6.07) is -1.20. The molecule has 82 heavy (non-hydrogen) atoms. The molecule has 1 rings (SSSR count). The Bertz CT molecular complexity index is 1520. The van der Waals surface area contributed by atoms with Crippen LogP contribution < -0.4 is 5.32 Å². The van der Waals surface area contributed by atoms with Crippen LogP contribution >= 0.6 is 0 Å². The number of aliphatic hydroxyl groups is 7. The highest BCUT2D eigenvalue weighted by Crippen LogP contribution is 2.24. The van der Waals surface area contributed by atoms with Crippen LogP contribution in [0, 0.1) is 0 Å². The third-order valence-electron chi connectivity index (χ3n) is 16.5. The van der Waals surface area contributed by atoms with E-state index in [1.165, 1.54) is 218 Å². The van der Waals surface area contributed by atoms with Crippen molar-refractivity contribution in [2.45, 2.75) is 371 Å². The van der Waals surface area contributed by atoms with Crippen LogP contribution in [-0.4, -0.2) is 110 Å². The second-order valence-electron chi connectivity index (χ2n) is 24.2. The number of nitrogens with one attached hydrogen (secondary N) is 1. The van der Waals surface area contributed by atoms with Crippen LogP contribution in [-0.2, 0) is 14.3 Å². The van der Waals surface area contributed by atoms with Crippen molar-refractivity contribution in [3.63, 3.8) is 0 Å². The van der Waals surface area contributed by atoms with Crippen LogP contribution in [0.3, 0.4) is 0 Å². The van der Waals surface area contributed by atoms with Gasteiger partial charge in [-0.2, -0.15) is 0 Å². The predicted molar refractivity (Wildman–Crippen MR) is 344 cm³/mol. The van der Waals surface area contributed by atoms with Crippen molar-refractivity contribution in [3.8, 4) is 0 Å². The first-order chi connectivity index (χ1) is 40.2. The second kappa shape index (κ2) is 59.2. The molecule has 0 aromatic rings. The zero-order valence-corrected chi connectivity index (χ0v) is 53.0. The lowest BCUT2D eigenvalue weighted by Gasteiger charge is -2.40. The molecule has 0 spiro atoms. The summed E-state index contributed by atoms with van der Waals surface area (Å²) in [6.45, 7) is 3.44. The van der Waals surface area contributed by atoms with E-state index < -0.39 is 74.2 Å². The number of allylic oxidation sites excluding steroid dienone is 10. The fourth-order valence-corrected chi connectivity index (χ4v) is 10.9. The van der Waals surface area contributed by atoms with Gasteiger partial charge in [0.1, 0.15) is 36.6 Å². The summed E-state index contributed by atoms with van der Waals surface area (Å²) in [5.41, 5.74) is 0. The fraction of sp³-hybridized carbons (Fsp3) is 0.845. The van der Waals surface area contributed by atoms with Crippen LogP contribution in [0.25, 0.3) is 0 Å². The number of aliphatic hydroxyl groups excluding tert-OH is 7. The summed E-state index contributed by atoms with van der Waals surface area (Å²) in [6.07, 6.45) is 67.5. The second-order valence-corrected chi connectivity index (χ2v) is 24.2. The van der Waals surface area contributed by atoms with Gasteiger partial charge in [-0.05, 0) is 96.3 Å². The Morgan fingerprint density at radius 3 is 1.17 bits per heavy atom. The van der Waals surface area contributed by atoms with Gasteiger partial charge in [-0.3, -0.25) is 4.79 Å². The van der Waals surface area contributed by atoms with Crippen molar-refractivity contribution in [1.29, 1.82) is 0 Å². The van der Waals surface area contributed by atoms with E-state index in [-0.39, 0.29) is 12.8 Å². The third-order valence-corrected chi connectivity index (χ3v) is 16.5. The number of ether oxygens (including phenoxy) is 2. The van der Waals surface area contributed by atoms with Crippen molar-refractivity contribution in [2.24, 2.45) is 0 Å². The molecule has 9 atom stereocenters. The van der Waals surface area contributed by atoms with E-state index in [1.807, 2.05) is 0 Å². The van der Waals surface area contributed by atoms with Gasteiger partial charge >= 0.3 is 0 Å². The van der Waals surface area contributed by atoms with Gasteiger partial charge in [0.05, 0.1) is 25.4 Å². The highest BCUT2D eigenvalue weighted by atomic mass is 16.7. The minimum Gasteiger partial charge on any atom is -0.394 e. The zero-order chi connectivity index (χ0) is 59.6. The number of hydrogen-bond acceptors (Lipinski definition) is 10. The number of carbonyl (C=O) groups excluding carboxylic acids is 1. The summed E-state index contributed by atoms with van der Waals surface area (Å²) in [4.78, 5) is 13.2. The molecule has 11 nitrogen and oxygen atoms in total. The van der Waals surface area contributed by atoms with Gasteiger partial charge in [-0.15, -0.1) is 0 Å². The Hall–Kier alpha value is -2.19. The van der Waals surface area contributed by atoms with E-state index in [2.05, 4.69) is 79.9 Å². The number of rotatable bonds is 60. The summed E-state index contributed by atoms with van der Waals surface area (Å²) in [7, 11) is 0. The van der Waals surface area contributed by atoms with Crippen LogP contribution in [0.15, 0.2) is 60.8 Å². The normalized spacial score (nSPS) is 19.5. The van der Waals surface area contributed by atoms with Gasteiger partial charge in [0.25, 0.3) is 0 Å². The number of amides is 1. The van der Waals surface area contributed by atoms with Crippen molar-refractivity contribution in [3.05, 3.63) is 60.8 Å². The van der Waals surface area contributed by atoms with Crippen LogP contribution in [0.1, 0.15) is 316 Å². The quantitative estimate of drug-likeness (QED) is 0.0215. The molecule has 8 N–H and O–H groups in total. The minimum atomic E-state index is -1.68. The first kappa shape index (κ1) is 77.8. The van der Waals surface area contributed by atoms with E-state index in [0.29, 0.717) is 19.3 Å². The molecule has 0 aromatic heterocycles. The van der Waals surface area contributed by atoms with Gasteiger partial charge in [0.15, 0.2) is 6.29 Å². The van der Waals surface area contributed by atoms with Crippen LogP contribution in [0.2, 0.25) is 0 Å². The minimum absolute atomic E-state index is 0.240. The predicted octanol–water partition coefficient (Wildman–Crippen LogP) is 16.5. The van der Waals surface area contributed by atoms with E-state index in [9.17, 15) is 40.5 Å². The highest BCUT2D eigenvalue weighted by Gasteiger charge is 2.44. The van der Waals surface area contributed by atoms with Gasteiger partial charge in [-0.1, -0.05) is 280 Å². The average molecular weight is 1160 g/mol. The maximum atomic E-state index is 13.2. The molecule has 1 aliphatic heterocycles. The van der Waals surface area contributed by atoms with Crippen LogP contribution in [0.4, 0.5) is 0 Å². The lowest BCUT2D eigenvalue weighted by atomic mass is 9.98. The lowest BCUT2D eigenvalue weighted by Crippen LogP contribution is -2.60. The molecule has 1 fully saturated rings. The van der Waals surface area contributed by atoms with Crippen LogP contribution in [0.5, 0.6) is 0 Å². The van der Waals surface area contributed by atoms with Crippen molar-refractivity contribution in [2.75, 3.05) is 13.2 Å². The fourth-order valence-electron chi connectivity index (χ4n) is 10.9. The molecule has 0 aromatic carbocycles. The first-order valence-electron chi connectivity index (χ1n) is 34.7. The highest BCUT2D eigenvalue weighted by molar-refractivity contribution is 5.80. The smallest absolute Gasteiger partial charge is 0.249 e. The summed E-state index contributed by atoms with van der Waals surface area (Å²) >= 11 is 0. The lowest BCUT2D eigenvalue weighted by molar-refractivity contribution is -0.303. The molecule has 0 bridgehead atoms. The number of unbranched alkanes of at least 4 members (excludes halogenated alkanes) is 38. The molecule has 0 radical (unpaired) electrons. The van der Waals surface area contributed by atoms with Crippen molar-refractivity contribution < 1.29 is 50.0 Å². The Balaban J connectivity index is 2.15. The SMILES string of the molecule is CCCCCC/C=C/CC/C=C/CC/C=C/CCCC(O)C(O)C(COC1OC(CO)C(O)C(O)C1O)NC(=O)C(O)CCCCCCCCCCCCCCCCCC/C=C\C/C=C\CCCCCCCCCCCCCCCCC. The molecule has 1 amide bonds. The number of hydrogen-bond donors (Lipinski definition) is 8. The molecule has 0 aliphatic carbocycles. The van der Waals surface area contributed by atoms with Crippen molar-refractivity contribution in [1.82, 2.24) is 5.32 Å². The van der Waals surface area contributed by atoms with E-state index in [1.54, 1.807) is 0 Å². The molecule has 1 saturated heterocycles. The maximum Gasteiger partial charge on any atom is 0.249 e. The first-order valence-corrected chi connectivity index (χ1v) is 34.7. The molecule has 1 aliphatic rings. The molecule has 1 heterocycles. The Labute approximate surface area is 503 Å². The van der Waals surface area contributed by atoms with E-state index >= 15 is 0 Å². The molecule has 0 saturated carbocycles. The maximum absolute atomic E-state index is 13.2. The topological polar surface area (TPSA) is 189 Å². The van der Waals surface area contributed by atoms with E-state index in [0.717, 1.165) is 51.4 Å². The van der Waals surface area contributed by atoms with Gasteiger partial charge in [0.2, 0.25) is 5.91 Å². The zero-order valence-electron chi connectivity index (χ0n) is 53.0.